The molecule has 0 spiro atoms. The molecule has 3 rings (SSSR count). The standard InChI is InChI=1S/C27H34F2O2/c1-19-6-9-21(10-7-19)22-11-12-23(16-26(4,5)15-22)27(28,29)31-24-13-8-20(18-30)14-25(2,3)17-24/h8,11-19,21H,6-7,9-10H2,1-5H3. The van der Waals surface area contributed by atoms with E-state index in [9.17, 15) is 4.79 Å². The number of rotatable bonds is 5. The van der Waals surface area contributed by atoms with Crippen molar-refractivity contribution in [3.8, 4) is 0 Å². The van der Waals surface area contributed by atoms with Gasteiger partial charge in [0.25, 0.3) is 0 Å². The monoisotopic (exact) mass is 428 g/mol. The summed E-state index contributed by atoms with van der Waals surface area (Å²) in [4.78, 5) is 11.2. The zero-order valence-corrected chi connectivity index (χ0v) is 19.3. The molecule has 4 heteroatoms. The van der Waals surface area contributed by atoms with Crippen LogP contribution in [-0.4, -0.2) is 12.4 Å². The minimum Gasteiger partial charge on any atom is -0.429 e. The fourth-order valence-electron chi connectivity index (χ4n) is 4.64. The largest absolute Gasteiger partial charge is 0.429 e. The van der Waals surface area contributed by atoms with Crippen molar-refractivity contribution in [2.24, 2.45) is 22.7 Å². The van der Waals surface area contributed by atoms with Crippen molar-refractivity contribution < 1.29 is 18.3 Å². The molecule has 3 aliphatic carbocycles. The summed E-state index contributed by atoms with van der Waals surface area (Å²) >= 11 is 0. The number of allylic oxidation sites excluding steroid dienone is 9. The van der Waals surface area contributed by atoms with Crippen LogP contribution in [0, 0.1) is 22.7 Å². The number of alkyl halides is 2. The lowest BCUT2D eigenvalue weighted by molar-refractivity contribution is -0.177. The first-order valence-electron chi connectivity index (χ1n) is 11.2. The third-order valence-electron chi connectivity index (χ3n) is 6.22. The van der Waals surface area contributed by atoms with Crippen LogP contribution in [0.2, 0.25) is 0 Å². The van der Waals surface area contributed by atoms with Gasteiger partial charge in [0.2, 0.25) is 0 Å². The Morgan fingerprint density at radius 2 is 1.55 bits per heavy atom. The summed E-state index contributed by atoms with van der Waals surface area (Å²) in [6, 6.07) is 0. The molecule has 0 atom stereocenters. The van der Waals surface area contributed by atoms with Crippen molar-refractivity contribution in [3.63, 3.8) is 0 Å². The van der Waals surface area contributed by atoms with Gasteiger partial charge in [-0.1, -0.05) is 71.8 Å². The SMILES string of the molecule is CC1CCC(C2=CC(C)(C)C=C(C(F)(F)OC3=CC(C)(C)C=C(C=O)C=C3)C=C2)CC1. The highest BCUT2D eigenvalue weighted by molar-refractivity contribution is 5.78. The molecule has 0 aromatic rings. The molecule has 0 heterocycles. The molecule has 0 aliphatic heterocycles. The third kappa shape index (κ3) is 6.15. The number of aldehydes is 1. The molecule has 0 unspecified atom stereocenters. The number of ether oxygens (including phenoxy) is 1. The van der Waals surface area contributed by atoms with Crippen LogP contribution in [-0.2, 0) is 9.53 Å². The van der Waals surface area contributed by atoms with Crippen LogP contribution in [0.25, 0.3) is 0 Å². The summed E-state index contributed by atoms with van der Waals surface area (Å²) in [6.45, 7) is 9.88. The second-order valence-corrected chi connectivity index (χ2v) is 10.4. The van der Waals surface area contributed by atoms with Crippen molar-refractivity contribution in [2.75, 3.05) is 0 Å². The molecular weight excluding hydrogens is 394 g/mol. The third-order valence-corrected chi connectivity index (χ3v) is 6.22. The van der Waals surface area contributed by atoms with Crippen LogP contribution >= 0.6 is 0 Å². The Labute approximate surface area is 185 Å². The summed E-state index contributed by atoms with van der Waals surface area (Å²) in [5.41, 5.74) is 0.351. The van der Waals surface area contributed by atoms with Crippen LogP contribution in [0.3, 0.4) is 0 Å². The maximum absolute atomic E-state index is 15.3. The molecule has 0 aromatic carbocycles. The first-order valence-corrected chi connectivity index (χ1v) is 11.2. The van der Waals surface area contributed by atoms with Gasteiger partial charge in [0.1, 0.15) is 12.0 Å². The van der Waals surface area contributed by atoms with E-state index in [-0.39, 0.29) is 11.3 Å². The highest BCUT2D eigenvalue weighted by Gasteiger charge is 2.39. The lowest BCUT2D eigenvalue weighted by Gasteiger charge is -2.28. The van der Waals surface area contributed by atoms with Gasteiger partial charge in [-0.15, -0.1) is 0 Å². The zero-order valence-electron chi connectivity index (χ0n) is 19.3. The van der Waals surface area contributed by atoms with Crippen molar-refractivity contribution >= 4 is 6.29 Å². The van der Waals surface area contributed by atoms with E-state index in [4.69, 9.17) is 4.74 Å². The molecule has 0 amide bonds. The maximum atomic E-state index is 15.3. The van der Waals surface area contributed by atoms with E-state index < -0.39 is 16.9 Å². The summed E-state index contributed by atoms with van der Waals surface area (Å²) in [7, 11) is 0. The Bertz CT molecular complexity index is 886. The summed E-state index contributed by atoms with van der Waals surface area (Å²) in [5.74, 6) is 1.22. The topological polar surface area (TPSA) is 26.3 Å². The molecule has 168 valence electrons. The lowest BCUT2D eigenvalue weighted by atomic mass is 9.77. The molecule has 31 heavy (non-hydrogen) atoms. The second-order valence-electron chi connectivity index (χ2n) is 10.4. The lowest BCUT2D eigenvalue weighted by Crippen LogP contribution is -2.24. The first-order chi connectivity index (χ1) is 14.4. The Hall–Kier alpha value is -2.23. The van der Waals surface area contributed by atoms with Gasteiger partial charge in [-0.05, 0) is 54.6 Å². The van der Waals surface area contributed by atoms with Gasteiger partial charge in [0.15, 0.2) is 0 Å². The number of carbonyl (C=O) groups is 1. The molecule has 0 bridgehead atoms. The molecule has 0 N–H and O–H groups in total. The van der Waals surface area contributed by atoms with Crippen molar-refractivity contribution in [1.82, 2.24) is 0 Å². The second kappa shape index (κ2) is 8.72. The number of halogens is 2. The zero-order chi connectivity index (χ0) is 22.9. The Morgan fingerprint density at radius 3 is 2.19 bits per heavy atom. The van der Waals surface area contributed by atoms with Crippen LogP contribution in [0.4, 0.5) is 8.78 Å². The first kappa shape index (κ1) is 23.4. The molecule has 0 saturated heterocycles. The normalized spacial score (nSPS) is 27.8. The van der Waals surface area contributed by atoms with Gasteiger partial charge in [0.05, 0.1) is 5.57 Å². The van der Waals surface area contributed by atoms with E-state index in [1.807, 2.05) is 33.8 Å². The Morgan fingerprint density at radius 1 is 0.903 bits per heavy atom. The maximum Gasteiger partial charge on any atom is 0.426 e. The Kier molecular flexibility index (Phi) is 6.59. The predicted octanol–water partition coefficient (Wildman–Crippen LogP) is 7.48. The molecule has 1 fully saturated rings. The van der Waals surface area contributed by atoms with Crippen LogP contribution < -0.4 is 0 Å². The molecule has 2 nitrogen and oxygen atoms in total. The molecule has 0 aromatic heterocycles. The average molecular weight is 429 g/mol. The number of carbonyl (C=O) groups excluding carboxylic acids is 1. The quantitative estimate of drug-likeness (QED) is 0.424. The van der Waals surface area contributed by atoms with Gasteiger partial charge in [0, 0.05) is 16.4 Å². The van der Waals surface area contributed by atoms with Crippen molar-refractivity contribution in [1.29, 1.82) is 0 Å². The summed E-state index contributed by atoms with van der Waals surface area (Å²) in [6.07, 6.45) is 15.2. The Balaban J connectivity index is 1.83. The number of hydrogen-bond donors (Lipinski definition) is 0. The van der Waals surface area contributed by atoms with E-state index in [2.05, 4.69) is 13.0 Å². The van der Waals surface area contributed by atoms with E-state index in [1.54, 1.807) is 18.2 Å². The van der Waals surface area contributed by atoms with E-state index in [0.29, 0.717) is 17.8 Å². The predicted molar refractivity (Wildman–Crippen MR) is 121 cm³/mol. The van der Waals surface area contributed by atoms with Crippen molar-refractivity contribution in [2.45, 2.75) is 66.4 Å². The summed E-state index contributed by atoms with van der Waals surface area (Å²) < 4.78 is 35.8. The number of hydrogen-bond acceptors (Lipinski definition) is 2. The van der Waals surface area contributed by atoms with Crippen molar-refractivity contribution in [3.05, 3.63) is 71.1 Å². The molecular formula is C27H34F2O2. The molecule has 0 radical (unpaired) electrons. The van der Waals surface area contributed by atoms with E-state index in [0.717, 1.165) is 24.3 Å². The highest BCUT2D eigenvalue weighted by Crippen LogP contribution is 2.41. The van der Waals surface area contributed by atoms with E-state index >= 15 is 8.78 Å². The van der Waals surface area contributed by atoms with Gasteiger partial charge in [-0.2, -0.15) is 8.78 Å². The molecule has 1 saturated carbocycles. The van der Waals surface area contributed by atoms with Gasteiger partial charge in [-0.3, -0.25) is 4.79 Å². The fourth-order valence-corrected chi connectivity index (χ4v) is 4.64. The highest BCUT2D eigenvalue weighted by atomic mass is 19.3. The minimum absolute atomic E-state index is 0.0499. The minimum atomic E-state index is -3.49. The van der Waals surface area contributed by atoms with E-state index in [1.165, 1.54) is 31.1 Å². The van der Waals surface area contributed by atoms with Gasteiger partial charge < -0.3 is 4.74 Å². The van der Waals surface area contributed by atoms with Crippen LogP contribution in [0.1, 0.15) is 60.3 Å². The van der Waals surface area contributed by atoms with Gasteiger partial charge in [-0.25, -0.2) is 0 Å². The fraction of sp³-hybridized carbons (Fsp3) is 0.519. The van der Waals surface area contributed by atoms with Crippen LogP contribution in [0.5, 0.6) is 0 Å². The van der Waals surface area contributed by atoms with Gasteiger partial charge >= 0.3 is 6.11 Å². The molecule has 3 aliphatic rings. The smallest absolute Gasteiger partial charge is 0.426 e. The average Bonchev–Trinajstić information content (AvgIpc) is 2.92. The summed E-state index contributed by atoms with van der Waals surface area (Å²) in [5, 5.41) is 0. The van der Waals surface area contributed by atoms with Crippen LogP contribution in [0.15, 0.2) is 71.1 Å².